The van der Waals surface area contributed by atoms with Gasteiger partial charge in [0.1, 0.15) is 5.60 Å². The van der Waals surface area contributed by atoms with Crippen LogP contribution < -0.4 is 4.74 Å². The molecule has 0 saturated carbocycles. The molecule has 2 bridgehead atoms. The molecule has 2 atom stereocenters. The van der Waals surface area contributed by atoms with E-state index in [1.807, 2.05) is 43.9 Å². The molecule has 2 heterocycles. The Bertz CT molecular complexity index is 619. The zero-order chi connectivity index (χ0) is 15.9. The molecule has 2 aliphatic rings. The lowest BCUT2D eigenvalue weighted by atomic mass is 9.99. The maximum atomic E-state index is 12.2. The number of nitrogens with zero attached hydrogens (tertiary/aromatic N) is 2. The first-order valence-corrected chi connectivity index (χ1v) is 7.60. The number of aromatic nitrogens is 1. The second-order valence-corrected chi connectivity index (χ2v) is 6.82. The zero-order valence-electron chi connectivity index (χ0n) is 13.5. The maximum Gasteiger partial charge on any atom is 0.410 e. The van der Waals surface area contributed by atoms with Crippen LogP contribution in [0.4, 0.5) is 4.79 Å². The summed E-state index contributed by atoms with van der Waals surface area (Å²) in [7, 11) is 1.62. The minimum absolute atomic E-state index is 0.114. The third kappa shape index (κ3) is 2.80. The number of carbonyl (C=O) groups excluding carboxylic acids is 1. The van der Waals surface area contributed by atoms with Crippen LogP contribution in [0, 0.1) is 5.92 Å². The molecule has 0 N–H and O–H groups in total. The molecule has 5 nitrogen and oxygen atoms in total. The highest BCUT2D eigenvalue weighted by Gasteiger charge is 2.43. The van der Waals surface area contributed by atoms with Crippen LogP contribution in [0.5, 0.6) is 5.88 Å². The van der Waals surface area contributed by atoms with Crippen molar-refractivity contribution in [3.63, 3.8) is 0 Å². The summed E-state index contributed by atoms with van der Waals surface area (Å²) in [4.78, 5) is 18.5. The van der Waals surface area contributed by atoms with Crippen LogP contribution in [0.25, 0.3) is 5.57 Å². The Morgan fingerprint density at radius 2 is 2.14 bits per heavy atom. The van der Waals surface area contributed by atoms with Crippen LogP contribution in [0.1, 0.15) is 32.9 Å². The van der Waals surface area contributed by atoms with Crippen molar-refractivity contribution in [2.24, 2.45) is 5.92 Å². The van der Waals surface area contributed by atoms with Gasteiger partial charge in [0.25, 0.3) is 0 Å². The van der Waals surface area contributed by atoms with Gasteiger partial charge in [-0.25, -0.2) is 9.78 Å². The molecular formula is C17H22N2O3. The molecule has 118 valence electrons. The Balaban J connectivity index is 1.76. The lowest BCUT2D eigenvalue weighted by molar-refractivity contribution is 0.0248. The van der Waals surface area contributed by atoms with Gasteiger partial charge in [0.05, 0.1) is 18.8 Å². The molecule has 0 radical (unpaired) electrons. The van der Waals surface area contributed by atoms with Crippen molar-refractivity contribution >= 4 is 11.7 Å². The van der Waals surface area contributed by atoms with Gasteiger partial charge >= 0.3 is 6.09 Å². The predicted molar refractivity (Wildman–Crippen MR) is 83.6 cm³/mol. The fourth-order valence-corrected chi connectivity index (χ4v) is 3.11. The summed E-state index contributed by atoms with van der Waals surface area (Å²) in [5.74, 6) is 0.947. The highest BCUT2D eigenvalue weighted by Crippen LogP contribution is 2.42. The molecule has 1 aliphatic heterocycles. The summed E-state index contributed by atoms with van der Waals surface area (Å²) in [5.41, 5.74) is 1.69. The SMILES string of the molecule is COc1cccc(C2=CC3CC2CN3C(=O)OC(C)(C)C)n1. The third-order valence-electron chi connectivity index (χ3n) is 4.01. The Morgan fingerprint density at radius 3 is 2.73 bits per heavy atom. The maximum absolute atomic E-state index is 12.2. The van der Waals surface area contributed by atoms with Gasteiger partial charge in [-0.15, -0.1) is 0 Å². The van der Waals surface area contributed by atoms with Gasteiger partial charge in [-0.2, -0.15) is 0 Å². The first-order valence-electron chi connectivity index (χ1n) is 7.60. The number of amides is 1. The van der Waals surface area contributed by atoms with E-state index in [0.717, 1.165) is 12.1 Å². The fraction of sp³-hybridized carbons (Fsp3) is 0.529. The minimum Gasteiger partial charge on any atom is -0.481 e. The number of rotatable bonds is 2. The van der Waals surface area contributed by atoms with E-state index >= 15 is 0 Å². The van der Waals surface area contributed by atoms with Gasteiger partial charge in [-0.05, 0) is 38.8 Å². The van der Waals surface area contributed by atoms with E-state index in [-0.39, 0.29) is 12.1 Å². The number of hydrogen-bond acceptors (Lipinski definition) is 4. The lowest BCUT2D eigenvalue weighted by Gasteiger charge is -2.29. The lowest BCUT2D eigenvalue weighted by Crippen LogP contribution is -2.40. The molecule has 3 rings (SSSR count). The average molecular weight is 302 g/mol. The van der Waals surface area contributed by atoms with E-state index in [0.29, 0.717) is 18.3 Å². The van der Waals surface area contributed by atoms with E-state index in [9.17, 15) is 4.79 Å². The summed E-state index contributed by atoms with van der Waals surface area (Å²) in [6.45, 7) is 6.37. The minimum atomic E-state index is -0.459. The number of pyridine rings is 1. The van der Waals surface area contributed by atoms with E-state index in [1.165, 1.54) is 5.57 Å². The second kappa shape index (κ2) is 5.30. The smallest absolute Gasteiger partial charge is 0.410 e. The van der Waals surface area contributed by atoms with Gasteiger partial charge in [-0.3, -0.25) is 0 Å². The van der Waals surface area contributed by atoms with Crippen molar-refractivity contribution in [1.29, 1.82) is 0 Å². The highest BCUT2D eigenvalue weighted by molar-refractivity contribution is 5.76. The number of carbonyl (C=O) groups is 1. The molecule has 5 heteroatoms. The molecule has 0 aromatic carbocycles. The largest absolute Gasteiger partial charge is 0.481 e. The van der Waals surface area contributed by atoms with Gasteiger partial charge < -0.3 is 14.4 Å². The van der Waals surface area contributed by atoms with Crippen molar-refractivity contribution in [3.8, 4) is 5.88 Å². The number of likely N-dealkylation sites (tertiary alicyclic amines) is 1. The fourth-order valence-electron chi connectivity index (χ4n) is 3.11. The summed E-state index contributed by atoms with van der Waals surface area (Å²) in [6, 6.07) is 5.89. The molecule has 1 fully saturated rings. The van der Waals surface area contributed by atoms with Gasteiger partial charge in [-0.1, -0.05) is 12.1 Å². The van der Waals surface area contributed by atoms with Crippen molar-refractivity contribution in [3.05, 3.63) is 30.0 Å². The average Bonchev–Trinajstić information content (AvgIpc) is 3.05. The monoisotopic (exact) mass is 302 g/mol. The normalized spacial score (nSPS) is 23.5. The molecule has 1 amide bonds. The molecule has 1 aromatic heterocycles. The quantitative estimate of drug-likeness (QED) is 0.842. The number of methoxy groups -OCH3 is 1. The second-order valence-electron chi connectivity index (χ2n) is 6.82. The van der Waals surface area contributed by atoms with Crippen molar-refractivity contribution < 1.29 is 14.3 Å². The number of hydrogen-bond donors (Lipinski definition) is 0. The summed E-state index contributed by atoms with van der Waals surface area (Å²) in [5, 5.41) is 0. The molecule has 22 heavy (non-hydrogen) atoms. The Morgan fingerprint density at radius 1 is 1.36 bits per heavy atom. The molecular weight excluding hydrogens is 280 g/mol. The van der Waals surface area contributed by atoms with Crippen LogP contribution in [-0.4, -0.2) is 41.3 Å². The first-order chi connectivity index (χ1) is 10.4. The van der Waals surface area contributed by atoms with E-state index in [4.69, 9.17) is 9.47 Å². The third-order valence-corrected chi connectivity index (χ3v) is 4.01. The predicted octanol–water partition coefficient (Wildman–Crippen LogP) is 3.11. The molecule has 1 saturated heterocycles. The van der Waals surface area contributed by atoms with Crippen molar-refractivity contribution in [1.82, 2.24) is 9.88 Å². The summed E-state index contributed by atoms with van der Waals surface area (Å²) in [6.07, 6.45) is 2.86. The van der Waals surface area contributed by atoms with Gasteiger partial charge in [0, 0.05) is 18.5 Å². The van der Waals surface area contributed by atoms with Crippen molar-refractivity contribution in [2.45, 2.75) is 38.8 Å². The molecule has 1 aromatic rings. The Kier molecular flexibility index (Phi) is 3.59. The van der Waals surface area contributed by atoms with Crippen LogP contribution in [0.3, 0.4) is 0 Å². The van der Waals surface area contributed by atoms with Crippen molar-refractivity contribution in [2.75, 3.05) is 13.7 Å². The number of fused-ring (bicyclic) bond motifs is 2. The zero-order valence-corrected chi connectivity index (χ0v) is 13.5. The molecule has 2 unspecified atom stereocenters. The molecule has 0 spiro atoms. The van der Waals surface area contributed by atoms with E-state index in [1.54, 1.807) is 7.11 Å². The molecule has 1 aliphatic carbocycles. The Labute approximate surface area is 130 Å². The van der Waals surface area contributed by atoms with Crippen LogP contribution in [0.15, 0.2) is 24.3 Å². The number of ether oxygens (including phenoxy) is 2. The topological polar surface area (TPSA) is 51.7 Å². The van der Waals surface area contributed by atoms with E-state index < -0.39 is 5.60 Å². The van der Waals surface area contributed by atoms with Gasteiger partial charge in [0.15, 0.2) is 0 Å². The highest BCUT2D eigenvalue weighted by atomic mass is 16.6. The van der Waals surface area contributed by atoms with Crippen LogP contribution in [-0.2, 0) is 4.74 Å². The standard InChI is InChI=1S/C17H22N2O3/c1-17(2,3)22-16(20)19-10-11-8-12(19)9-13(11)14-6-5-7-15(18-14)21-4/h5-7,9,11-12H,8,10H2,1-4H3. The van der Waals surface area contributed by atoms with Crippen LogP contribution >= 0.6 is 0 Å². The first kappa shape index (κ1) is 14.9. The van der Waals surface area contributed by atoms with E-state index in [2.05, 4.69) is 11.1 Å². The van der Waals surface area contributed by atoms with Gasteiger partial charge in [0.2, 0.25) is 5.88 Å². The summed E-state index contributed by atoms with van der Waals surface area (Å²) >= 11 is 0. The summed E-state index contributed by atoms with van der Waals surface area (Å²) < 4.78 is 10.7. The Hall–Kier alpha value is -2.04. The van der Waals surface area contributed by atoms with Crippen LogP contribution in [0.2, 0.25) is 0 Å².